The highest BCUT2D eigenvalue weighted by Crippen LogP contribution is 2.33. The van der Waals surface area contributed by atoms with Crippen molar-refractivity contribution in [1.82, 2.24) is 9.62 Å². The Kier molecular flexibility index (Phi) is 6.68. The van der Waals surface area contributed by atoms with Crippen molar-refractivity contribution < 1.29 is 23.6 Å². The van der Waals surface area contributed by atoms with Crippen LogP contribution in [0.3, 0.4) is 0 Å². The molecule has 11 heteroatoms. The molecule has 0 saturated heterocycles. The van der Waals surface area contributed by atoms with Gasteiger partial charge in [-0.05, 0) is 32.0 Å². The third-order valence-electron chi connectivity index (χ3n) is 3.40. The van der Waals surface area contributed by atoms with Crippen molar-refractivity contribution in [1.29, 1.82) is 0 Å². The van der Waals surface area contributed by atoms with Gasteiger partial charge in [0.05, 0.1) is 16.6 Å². The maximum atomic E-state index is 14.1. The zero-order valence-electron chi connectivity index (χ0n) is 14.3. The third-order valence-corrected chi connectivity index (χ3v) is 4.66. The van der Waals surface area contributed by atoms with E-state index in [1.54, 1.807) is 7.05 Å². The smallest absolute Gasteiger partial charge is 0.358 e. The zero-order valence-corrected chi connectivity index (χ0v) is 15.9. The lowest BCUT2D eigenvalue weighted by molar-refractivity contribution is -0.157. The summed E-state index contributed by atoms with van der Waals surface area (Å²) in [5.74, 6) is -1.10. The van der Waals surface area contributed by atoms with Crippen molar-refractivity contribution in [3.8, 4) is 5.75 Å². The summed E-state index contributed by atoms with van der Waals surface area (Å²) in [5, 5.41) is 8.70. The second-order valence-electron chi connectivity index (χ2n) is 5.52. The number of benzene rings is 1. The highest BCUT2D eigenvalue weighted by molar-refractivity contribution is 7.97. The molecule has 1 aliphatic heterocycles. The van der Waals surface area contributed by atoms with Crippen LogP contribution < -0.4 is 15.4 Å². The number of carbonyl (C=O) groups excluding carboxylic acids is 2. The summed E-state index contributed by atoms with van der Waals surface area (Å²) in [6.07, 6.45) is 1.68. The Labute approximate surface area is 159 Å². The van der Waals surface area contributed by atoms with Crippen LogP contribution in [0.4, 0.5) is 14.9 Å². The van der Waals surface area contributed by atoms with Gasteiger partial charge in [0.1, 0.15) is 5.82 Å². The average molecular weight is 405 g/mol. The molecular formula is C15H18ClFN4O4S. The first kappa shape index (κ1) is 20.3. The minimum atomic E-state index is -1.27. The van der Waals surface area contributed by atoms with E-state index in [1.165, 1.54) is 36.4 Å². The van der Waals surface area contributed by atoms with Crippen molar-refractivity contribution in [2.75, 3.05) is 25.3 Å². The highest BCUT2D eigenvalue weighted by Gasteiger charge is 2.40. The topological polar surface area (TPSA) is 92.3 Å². The van der Waals surface area contributed by atoms with Crippen LogP contribution in [-0.4, -0.2) is 48.1 Å². The first-order valence-electron chi connectivity index (χ1n) is 7.50. The molecule has 0 saturated carbocycles. The van der Waals surface area contributed by atoms with E-state index in [9.17, 15) is 14.0 Å². The largest absolute Gasteiger partial charge is 0.422 e. The van der Waals surface area contributed by atoms with Crippen LogP contribution in [0.1, 0.15) is 13.3 Å². The highest BCUT2D eigenvalue weighted by atomic mass is 35.5. The lowest BCUT2D eigenvalue weighted by Gasteiger charge is -2.20. The van der Waals surface area contributed by atoms with Gasteiger partial charge in [-0.1, -0.05) is 16.8 Å². The third kappa shape index (κ3) is 4.77. The van der Waals surface area contributed by atoms with Crippen molar-refractivity contribution in [2.45, 2.75) is 18.9 Å². The summed E-state index contributed by atoms with van der Waals surface area (Å²) in [7, 11) is 3.27. The molecule has 0 aliphatic carbocycles. The summed E-state index contributed by atoms with van der Waals surface area (Å²) in [6, 6.07) is 1.54. The van der Waals surface area contributed by atoms with Gasteiger partial charge in [-0.25, -0.2) is 14.0 Å². The lowest BCUT2D eigenvalue weighted by atomic mass is 10.0. The number of rotatable bonds is 6. The number of halogens is 2. The normalized spacial score (nSPS) is 18.3. The summed E-state index contributed by atoms with van der Waals surface area (Å²) >= 11 is 7.13. The summed E-state index contributed by atoms with van der Waals surface area (Å²) in [6.45, 7) is 1.51. The minimum Gasteiger partial charge on any atom is -0.422 e. The average Bonchev–Trinajstić information content (AvgIpc) is 3.04. The Balaban J connectivity index is 2.13. The van der Waals surface area contributed by atoms with E-state index in [2.05, 4.69) is 15.8 Å². The minimum absolute atomic E-state index is 0.101. The van der Waals surface area contributed by atoms with Crippen LogP contribution in [-0.2, 0) is 9.63 Å². The maximum absolute atomic E-state index is 14.1. The Morgan fingerprint density at radius 2 is 2.27 bits per heavy atom. The van der Waals surface area contributed by atoms with Crippen LogP contribution in [0.2, 0.25) is 5.02 Å². The maximum Gasteiger partial charge on any atom is 0.358 e. The Bertz CT molecular complexity index is 726. The number of carbonyl (C=O) groups is 2. The number of nitrogens with zero attached hydrogens (tertiary/aromatic N) is 2. The number of hydrogen-bond acceptors (Lipinski definition) is 7. The van der Waals surface area contributed by atoms with Crippen LogP contribution in [0, 0.1) is 5.82 Å². The number of anilines is 1. The summed E-state index contributed by atoms with van der Waals surface area (Å²) in [5.41, 5.74) is -1.45. The van der Waals surface area contributed by atoms with E-state index in [-0.39, 0.29) is 22.9 Å². The first-order valence-corrected chi connectivity index (χ1v) is 8.82. The zero-order chi connectivity index (χ0) is 19.3. The fraction of sp³-hybridized carbons (Fsp3) is 0.400. The number of esters is 1. The van der Waals surface area contributed by atoms with Crippen molar-refractivity contribution >= 4 is 47.5 Å². The van der Waals surface area contributed by atoms with Gasteiger partial charge in [-0.3, -0.25) is 4.31 Å². The van der Waals surface area contributed by atoms with E-state index in [0.717, 1.165) is 12.1 Å². The van der Waals surface area contributed by atoms with E-state index in [1.807, 2.05) is 0 Å². The van der Waals surface area contributed by atoms with E-state index in [0.29, 0.717) is 5.88 Å². The molecule has 0 bridgehead atoms. The van der Waals surface area contributed by atoms with Gasteiger partial charge in [-0.2, -0.15) is 0 Å². The number of amides is 2. The molecule has 1 heterocycles. The predicted molar refractivity (Wildman–Crippen MR) is 97.9 cm³/mol. The molecule has 142 valence electrons. The Morgan fingerprint density at radius 1 is 1.54 bits per heavy atom. The molecule has 0 spiro atoms. The standard InChI is InChI=1S/C15H18ClFN4O4S/c1-15(4-5-19-25-15)13(22)24-12-7-11(10(17)6-9(12)16)20-14(23)21(3)26-8-18-2/h5-7,18H,4,8H2,1-3H3,(H,20,23). The molecule has 2 amide bonds. The number of urea groups is 1. The van der Waals surface area contributed by atoms with Gasteiger partial charge < -0.3 is 20.2 Å². The fourth-order valence-electron chi connectivity index (χ4n) is 1.85. The molecule has 1 aromatic carbocycles. The number of ether oxygens (including phenoxy) is 1. The van der Waals surface area contributed by atoms with Crippen LogP contribution in [0.5, 0.6) is 5.75 Å². The molecule has 2 N–H and O–H groups in total. The predicted octanol–water partition coefficient (Wildman–Crippen LogP) is 2.84. The summed E-state index contributed by atoms with van der Waals surface area (Å²) < 4.78 is 20.6. The van der Waals surface area contributed by atoms with E-state index in [4.69, 9.17) is 21.2 Å². The van der Waals surface area contributed by atoms with Gasteiger partial charge in [0.15, 0.2) is 5.75 Å². The van der Waals surface area contributed by atoms with Crippen molar-refractivity contribution in [2.24, 2.45) is 5.16 Å². The van der Waals surface area contributed by atoms with Crippen molar-refractivity contribution in [3.63, 3.8) is 0 Å². The van der Waals surface area contributed by atoms with Gasteiger partial charge in [0, 0.05) is 25.7 Å². The first-order chi connectivity index (χ1) is 12.3. The Hall–Kier alpha value is -2.04. The molecule has 1 aliphatic rings. The summed E-state index contributed by atoms with van der Waals surface area (Å²) in [4.78, 5) is 29.3. The Morgan fingerprint density at radius 3 is 2.88 bits per heavy atom. The molecule has 0 fully saturated rings. The quantitative estimate of drug-likeness (QED) is 0.328. The molecule has 1 atom stereocenters. The molecule has 8 nitrogen and oxygen atoms in total. The lowest BCUT2D eigenvalue weighted by Crippen LogP contribution is -2.38. The van der Waals surface area contributed by atoms with E-state index >= 15 is 0 Å². The van der Waals surface area contributed by atoms with Crippen LogP contribution in [0.15, 0.2) is 17.3 Å². The molecular weight excluding hydrogens is 387 g/mol. The molecule has 1 unspecified atom stereocenters. The molecule has 2 rings (SSSR count). The second kappa shape index (κ2) is 8.56. The SMILES string of the molecule is CNCSN(C)C(=O)Nc1cc(OC(=O)C2(C)CC=NO2)c(Cl)cc1F. The van der Waals surface area contributed by atoms with Gasteiger partial charge in [-0.15, -0.1) is 0 Å². The van der Waals surface area contributed by atoms with Crippen molar-refractivity contribution in [3.05, 3.63) is 23.0 Å². The van der Waals surface area contributed by atoms with Gasteiger partial charge in [0.25, 0.3) is 0 Å². The molecule has 0 radical (unpaired) electrons. The van der Waals surface area contributed by atoms with Gasteiger partial charge in [0.2, 0.25) is 5.60 Å². The van der Waals surface area contributed by atoms with Crippen LogP contribution in [0.25, 0.3) is 0 Å². The number of hydrogen-bond donors (Lipinski definition) is 2. The van der Waals surface area contributed by atoms with Gasteiger partial charge >= 0.3 is 12.0 Å². The second-order valence-corrected chi connectivity index (χ2v) is 7.02. The molecule has 0 aromatic heterocycles. The molecule has 1 aromatic rings. The van der Waals surface area contributed by atoms with Crippen LogP contribution >= 0.6 is 23.5 Å². The number of nitrogens with one attached hydrogen (secondary N) is 2. The number of oxime groups is 1. The van der Waals surface area contributed by atoms with E-state index < -0.39 is 23.4 Å². The molecule has 26 heavy (non-hydrogen) atoms. The monoisotopic (exact) mass is 404 g/mol. The fourth-order valence-corrected chi connectivity index (χ4v) is 2.52.